The highest BCUT2D eigenvalue weighted by atomic mass is 32.1. The van der Waals surface area contributed by atoms with E-state index in [-0.39, 0.29) is 11.9 Å². The number of hydrogen-bond donors (Lipinski definition) is 1. The number of hydrogen-bond acceptors (Lipinski definition) is 3. The molecule has 0 fully saturated rings. The molecule has 2 rings (SSSR count). The molecule has 1 atom stereocenters. The third-order valence-corrected chi connectivity index (χ3v) is 3.85. The summed E-state index contributed by atoms with van der Waals surface area (Å²) in [6.45, 7) is 2.01. The van der Waals surface area contributed by atoms with Crippen LogP contribution in [0.15, 0.2) is 29.8 Å². The smallest absolute Gasteiger partial charge is 0.123 e. The molecule has 2 nitrogen and oxygen atoms in total. The number of thiazole rings is 1. The van der Waals surface area contributed by atoms with Crippen molar-refractivity contribution in [1.82, 2.24) is 10.3 Å². The van der Waals surface area contributed by atoms with Crippen molar-refractivity contribution >= 4 is 11.3 Å². The largest absolute Gasteiger partial charge is 0.312 e. The number of halogens is 1. The molecule has 0 aliphatic rings. The van der Waals surface area contributed by atoms with Crippen molar-refractivity contribution in [3.63, 3.8) is 0 Å². The summed E-state index contributed by atoms with van der Waals surface area (Å²) >= 11 is 1.66. The average molecular weight is 250 g/mol. The summed E-state index contributed by atoms with van der Waals surface area (Å²) in [7, 11) is 1.94. The second-order valence-corrected chi connectivity index (χ2v) is 4.86. The van der Waals surface area contributed by atoms with Crippen LogP contribution in [-0.2, 0) is 6.42 Å². The Bertz CT molecular complexity index is 478. The van der Waals surface area contributed by atoms with Gasteiger partial charge in [-0.3, -0.25) is 0 Å². The molecule has 1 heterocycles. The van der Waals surface area contributed by atoms with E-state index < -0.39 is 0 Å². The van der Waals surface area contributed by atoms with Gasteiger partial charge in [0.15, 0.2) is 0 Å². The zero-order valence-electron chi connectivity index (χ0n) is 9.90. The summed E-state index contributed by atoms with van der Waals surface area (Å²) in [5.74, 6) is -0.191. The molecule has 0 bridgehead atoms. The van der Waals surface area contributed by atoms with Gasteiger partial charge in [0.05, 0.1) is 11.2 Å². The fourth-order valence-corrected chi connectivity index (χ4v) is 2.74. The molecule has 1 unspecified atom stereocenters. The predicted octanol–water partition coefficient (Wildman–Crippen LogP) is 3.09. The molecule has 0 saturated heterocycles. The first-order chi connectivity index (χ1) is 8.20. The Morgan fingerprint density at radius 3 is 2.59 bits per heavy atom. The Labute approximate surface area is 105 Å². The number of benzene rings is 1. The summed E-state index contributed by atoms with van der Waals surface area (Å²) in [5.41, 5.74) is 4.05. The van der Waals surface area contributed by atoms with E-state index in [4.69, 9.17) is 0 Å². The van der Waals surface area contributed by atoms with E-state index in [1.807, 2.05) is 31.6 Å². The highest BCUT2D eigenvalue weighted by Crippen LogP contribution is 2.24. The lowest BCUT2D eigenvalue weighted by atomic mass is 10.0. The molecule has 0 radical (unpaired) electrons. The zero-order valence-corrected chi connectivity index (χ0v) is 10.7. The van der Waals surface area contributed by atoms with Crippen LogP contribution in [0.3, 0.4) is 0 Å². The molecule has 0 amide bonds. The summed E-state index contributed by atoms with van der Waals surface area (Å²) < 4.78 is 12.8. The van der Waals surface area contributed by atoms with Crippen LogP contribution in [0.1, 0.15) is 22.2 Å². The summed E-state index contributed by atoms with van der Waals surface area (Å²) in [6, 6.07) is 6.91. The number of nitrogens with one attached hydrogen (secondary N) is 1. The first kappa shape index (κ1) is 12.2. The number of nitrogens with zero attached hydrogens (tertiary/aromatic N) is 1. The molecule has 0 saturated carbocycles. The molecule has 17 heavy (non-hydrogen) atoms. The number of likely N-dealkylation sites (N-methyl/N-ethyl adjacent to an activating group) is 1. The minimum absolute atomic E-state index is 0.191. The van der Waals surface area contributed by atoms with Crippen LogP contribution in [0.2, 0.25) is 0 Å². The van der Waals surface area contributed by atoms with Gasteiger partial charge < -0.3 is 5.32 Å². The van der Waals surface area contributed by atoms with E-state index in [0.29, 0.717) is 0 Å². The first-order valence-electron chi connectivity index (χ1n) is 5.52. The Hall–Kier alpha value is -1.26. The lowest BCUT2D eigenvalue weighted by molar-refractivity contribution is 0.594. The third kappa shape index (κ3) is 2.90. The van der Waals surface area contributed by atoms with Crippen molar-refractivity contribution in [2.45, 2.75) is 19.4 Å². The minimum atomic E-state index is -0.191. The van der Waals surface area contributed by atoms with Gasteiger partial charge in [-0.25, -0.2) is 9.37 Å². The maximum Gasteiger partial charge on any atom is 0.123 e. The minimum Gasteiger partial charge on any atom is -0.312 e. The van der Waals surface area contributed by atoms with Crippen LogP contribution in [0.5, 0.6) is 0 Å². The van der Waals surface area contributed by atoms with Crippen LogP contribution in [0.4, 0.5) is 4.39 Å². The fourth-order valence-electron chi connectivity index (χ4n) is 1.83. The number of aryl methyl sites for hydroxylation is 1. The van der Waals surface area contributed by atoms with Gasteiger partial charge in [0.1, 0.15) is 5.82 Å². The zero-order chi connectivity index (χ0) is 12.3. The van der Waals surface area contributed by atoms with Crippen molar-refractivity contribution in [3.05, 3.63) is 51.7 Å². The van der Waals surface area contributed by atoms with E-state index in [2.05, 4.69) is 10.3 Å². The second-order valence-electron chi connectivity index (χ2n) is 3.97. The van der Waals surface area contributed by atoms with E-state index in [0.717, 1.165) is 17.7 Å². The molecule has 1 N–H and O–H groups in total. The van der Waals surface area contributed by atoms with Crippen LogP contribution in [0, 0.1) is 12.7 Å². The molecule has 0 aliphatic carbocycles. The molecular formula is C13H15FN2S. The Morgan fingerprint density at radius 2 is 2.06 bits per heavy atom. The highest BCUT2D eigenvalue weighted by Gasteiger charge is 2.14. The highest BCUT2D eigenvalue weighted by molar-refractivity contribution is 7.09. The second kappa shape index (κ2) is 5.38. The standard InChI is InChI=1S/C13H15FN2S/c1-9-13(17-8-16-9)12(15-2)7-10-3-5-11(14)6-4-10/h3-6,8,12,15H,7H2,1-2H3. The topological polar surface area (TPSA) is 24.9 Å². The van der Waals surface area contributed by atoms with Gasteiger partial charge in [0, 0.05) is 10.9 Å². The lowest BCUT2D eigenvalue weighted by Gasteiger charge is -2.15. The molecule has 0 spiro atoms. The van der Waals surface area contributed by atoms with Crippen molar-refractivity contribution in [1.29, 1.82) is 0 Å². The van der Waals surface area contributed by atoms with Crippen LogP contribution >= 0.6 is 11.3 Å². The molecule has 90 valence electrons. The van der Waals surface area contributed by atoms with E-state index in [9.17, 15) is 4.39 Å². The summed E-state index contributed by atoms with van der Waals surface area (Å²) in [4.78, 5) is 5.51. The molecule has 0 aliphatic heterocycles. The van der Waals surface area contributed by atoms with Gasteiger partial charge in [-0.05, 0) is 38.1 Å². The van der Waals surface area contributed by atoms with Gasteiger partial charge in [-0.2, -0.15) is 0 Å². The van der Waals surface area contributed by atoms with Gasteiger partial charge in [0.25, 0.3) is 0 Å². The maximum atomic E-state index is 12.8. The average Bonchev–Trinajstić information content (AvgIpc) is 2.75. The summed E-state index contributed by atoms with van der Waals surface area (Å²) in [6.07, 6.45) is 0.847. The Morgan fingerprint density at radius 1 is 1.35 bits per heavy atom. The van der Waals surface area contributed by atoms with Gasteiger partial charge in [-0.1, -0.05) is 12.1 Å². The van der Waals surface area contributed by atoms with E-state index >= 15 is 0 Å². The van der Waals surface area contributed by atoms with Gasteiger partial charge >= 0.3 is 0 Å². The molecule has 1 aromatic heterocycles. The monoisotopic (exact) mass is 250 g/mol. The molecule has 4 heteroatoms. The molecule has 2 aromatic rings. The third-order valence-electron chi connectivity index (χ3n) is 2.80. The quantitative estimate of drug-likeness (QED) is 0.902. The SMILES string of the molecule is CNC(Cc1ccc(F)cc1)c1scnc1C. The lowest BCUT2D eigenvalue weighted by Crippen LogP contribution is -2.18. The first-order valence-corrected chi connectivity index (χ1v) is 6.40. The van der Waals surface area contributed by atoms with Gasteiger partial charge in [-0.15, -0.1) is 11.3 Å². The van der Waals surface area contributed by atoms with Crippen molar-refractivity contribution in [2.75, 3.05) is 7.05 Å². The molecular weight excluding hydrogens is 235 g/mol. The fraction of sp³-hybridized carbons (Fsp3) is 0.308. The summed E-state index contributed by atoms with van der Waals surface area (Å²) in [5, 5.41) is 3.29. The maximum absolute atomic E-state index is 12.8. The predicted molar refractivity (Wildman–Crippen MR) is 68.8 cm³/mol. The normalized spacial score (nSPS) is 12.6. The van der Waals surface area contributed by atoms with Crippen LogP contribution in [0.25, 0.3) is 0 Å². The Kier molecular flexibility index (Phi) is 3.86. The molecule has 1 aromatic carbocycles. The van der Waals surface area contributed by atoms with Crippen molar-refractivity contribution in [3.8, 4) is 0 Å². The van der Waals surface area contributed by atoms with Crippen molar-refractivity contribution in [2.24, 2.45) is 0 Å². The van der Waals surface area contributed by atoms with Gasteiger partial charge in [0.2, 0.25) is 0 Å². The number of rotatable bonds is 4. The van der Waals surface area contributed by atoms with Crippen molar-refractivity contribution < 1.29 is 4.39 Å². The van der Waals surface area contributed by atoms with E-state index in [1.54, 1.807) is 11.3 Å². The van der Waals surface area contributed by atoms with Crippen LogP contribution in [-0.4, -0.2) is 12.0 Å². The van der Waals surface area contributed by atoms with Crippen LogP contribution < -0.4 is 5.32 Å². The Balaban J connectivity index is 2.16. The van der Waals surface area contributed by atoms with E-state index in [1.165, 1.54) is 17.0 Å². The number of aromatic nitrogens is 1.